The molecule has 0 aromatic carbocycles. The summed E-state index contributed by atoms with van der Waals surface area (Å²) in [4.78, 5) is 71.2. The second-order valence-electron chi connectivity index (χ2n) is 10.6. The minimum absolute atomic E-state index is 0.0745. The quantitative estimate of drug-likeness (QED) is 0.124. The van der Waals surface area contributed by atoms with Crippen LogP contribution in [-0.4, -0.2) is 98.4 Å². The Balaban J connectivity index is 2.72. The standard InChI is InChI=1S/C28H46N2O13/c1-17(31)30-24-26(41-20(4)34)25(40-19(3)33)21(16-39-18(2)32)42-27(24)38-14-8-7-10-22(35)37-15-12-28(5,6)43-23(36)11-9-13-29/h21,24-27H,7-16,29H2,1-6H3,(H,30,31)/t21?,24?,25-,26+,27+/m0/s1. The summed E-state index contributed by atoms with van der Waals surface area (Å²) in [5.74, 6) is -3.32. The van der Waals surface area contributed by atoms with E-state index in [9.17, 15) is 28.8 Å². The Morgan fingerprint density at radius 1 is 0.791 bits per heavy atom. The van der Waals surface area contributed by atoms with E-state index in [1.54, 1.807) is 13.8 Å². The first-order valence-electron chi connectivity index (χ1n) is 14.2. The number of esters is 5. The van der Waals surface area contributed by atoms with Crippen molar-refractivity contribution in [3.63, 3.8) is 0 Å². The molecule has 43 heavy (non-hydrogen) atoms. The Morgan fingerprint density at radius 3 is 2.00 bits per heavy atom. The lowest BCUT2D eigenvalue weighted by molar-refractivity contribution is -0.277. The highest BCUT2D eigenvalue weighted by Crippen LogP contribution is 2.28. The van der Waals surface area contributed by atoms with Crippen LogP contribution in [0.5, 0.6) is 0 Å². The lowest BCUT2D eigenvalue weighted by Gasteiger charge is -2.44. The lowest BCUT2D eigenvalue weighted by atomic mass is 9.96. The Bertz CT molecular complexity index is 955. The highest BCUT2D eigenvalue weighted by molar-refractivity contribution is 5.74. The maximum absolute atomic E-state index is 12.2. The molecule has 2 unspecified atom stereocenters. The minimum atomic E-state index is -1.22. The van der Waals surface area contributed by atoms with Gasteiger partial charge in [-0.25, -0.2) is 0 Å². The van der Waals surface area contributed by atoms with Crippen LogP contribution in [0.25, 0.3) is 0 Å². The summed E-state index contributed by atoms with van der Waals surface area (Å²) in [6.07, 6.45) is -2.72. The maximum Gasteiger partial charge on any atom is 0.306 e. The number of hydrogen-bond donors (Lipinski definition) is 2. The highest BCUT2D eigenvalue weighted by Gasteiger charge is 2.51. The van der Waals surface area contributed by atoms with Crippen molar-refractivity contribution in [2.24, 2.45) is 5.73 Å². The summed E-state index contributed by atoms with van der Waals surface area (Å²) in [6, 6.07) is -1.07. The van der Waals surface area contributed by atoms with Gasteiger partial charge in [0.1, 0.15) is 24.4 Å². The van der Waals surface area contributed by atoms with E-state index >= 15 is 0 Å². The smallest absolute Gasteiger partial charge is 0.306 e. The van der Waals surface area contributed by atoms with Gasteiger partial charge in [-0.2, -0.15) is 0 Å². The first-order valence-corrected chi connectivity index (χ1v) is 14.2. The predicted octanol–water partition coefficient (Wildman–Crippen LogP) is 0.823. The number of unbranched alkanes of at least 4 members (excludes halogenated alkanes) is 1. The minimum Gasteiger partial charge on any atom is -0.466 e. The SMILES string of the molecule is CC(=O)NC1[C@H](OCCCCC(=O)OCCC(C)(C)OC(=O)CCCN)OC(COC(C)=O)[C@H](OC(C)=O)[C@@H]1OC(C)=O. The molecule has 15 heteroatoms. The molecule has 5 atom stereocenters. The number of ether oxygens (including phenoxy) is 7. The van der Waals surface area contributed by atoms with E-state index in [-0.39, 0.29) is 38.6 Å². The molecule has 1 saturated heterocycles. The number of carbonyl (C=O) groups is 6. The Hall–Kier alpha value is -3.30. The van der Waals surface area contributed by atoms with E-state index in [2.05, 4.69) is 5.32 Å². The molecular formula is C28H46N2O13. The van der Waals surface area contributed by atoms with Crippen molar-refractivity contribution in [2.45, 2.75) is 116 Å². The van der Waals surface area contributed by atoms with Crippen LogP contribution in [0.3, 0.4) is 0 Å². The molecule has 0 bridgehead atoms. The molecule has 1 amide bonds. The second-order valence-corrected chi connectivity index (χ2v) is 10.6. The molecule has 15 nitrogen and oxygen atoms in total. The fourth-order valence-electron chi connectivity index (χ4n) is 4.14. The van der Waals surface area contributed by atoms with E-state index in [4.69, 9.17) is 38.9 Å². The first-order chi connectivity index (χ1) is 20.1. The van der Waals surface area contributed by atoms with Gasteiger partial charge in [0.15, 0.2) is 18.5 Å². The molecule has 0 aromatic heterocycles. The van der Waals surface area contributed by atoms with Gasteiger partial charge in [-0.15, -0.1) is 0 Å². The van der Waals surface area contributed by atoms with Gasteiger partial charge in [-0.05, 0) is 39.7 Å². The van der Waals surface area contributed by atoms with Crippen molar-refractivity contribution in [1.82, 2.24) is 5.32 Å². The van der Waals surface area contributed by atoms with Crippen LogP contribution < -0.4 is 11.1 Å². The molecule has 1 fully saturated rings. The van der Waals surface area contributed by atoms with Crippen LogP contribution in [-0.2, 0) is 61.9 Å². The fourth-order valence-corrected chi connectivity index (χ4v) is 4.14. The topological polar surface area (TPSA) is 205 Å². The number of nitrogens with two attached hydrogens (primary N) is 1. The molecule has 0 aromatic rings. The molecule has 0 radical (unpaired) electrons. The van der Waals surface area contributed by atoms with Crippen LogP contribution >= 0.6 is 0 Å². The third-order valence-electron chi connectivity index (χ3n) is 6.07. The normalized spacial score (nSPS) is 21.7. The largest absolute Gasteiger partial charge is 0.466 e. The lowest BCUT2D eigenvalue weighted by Crippen LogP contribution is -2.66. The number of carbonyl (C=O) groups excluding carboxylic acids is 6. The van der Waals surface area contributed by atoms with Crippen molar-refractivity contribution in [2.75, 3.05) is 26.4 Å². The molecule has 1 aliphatic rings. The predicted molar refractivity (Wildman–Crippen MR) is 148 cm³/mol. The zero-order chi connectivity index (χ0) is 32.6. The molecule has 0 aliphatic carbocycles. The van der Waals surface area contributed by atoms with Gasteiger partial charge in [0, 0.05) is 53.6 Å². The average Bonchev–Trinajstić information content (AvgIpc) is 2.88. The van der Waals surface area contributed by atoms with E-state index in [0.717, 1.165) is 13.8 Å². The summed E-state index contributed by atoms with van der Waals surface area (Å²) in [7, 11) is 0. The van der Waals surface area contributed by atoms with E-state index in [1.807, 2.05) is 0 Å². The Kier molecular flexibility index (Phi) is 16.7. The van der Waals surface area contributed by atoms with Crippen molar-refractivity contribution in [3.8, 4) is 0 Å². The summed E-state index contributed by atoms with van der Waals surface area (Å²) in [6.45, 7) is 8.40. The summed E-state index contributed by atoms with van der Waals surface area (Å²) in [5, 5.41) is 2.62. The van der Waals surface area contributed by atoms with E-state index in [1.165, 1.54) is 13.8 Å². The molecule has 246 valence electrons. The van der Waals surface area contributed by atoms with Crippen molar-refractivity contribution in [3.05, 3.63) is 0 Å². The van der Waals surface area contributed by atoms with Crippen LogP contribution in [0.15, 0.2) is 0 Å². The summed E-state index contributed by atoms with van der Waals surface area (Å²) < 4.78 is 38.2. The number of hydrogen-bond acceptors (Lipinski definition) is 14. The molecule has 1 heterocycles. The maximum atomic E-state index is 12.2. The van der Waals surface area contributed by atoms with Gasteiger partial charge < -0.3 is 44.2 Å². The average molecular weight is 619 g/mol. The number of nitrogens with one attached hydrogen (secondary N) is 1. The van der Waals surface area contributed by atoms with Gasteiger partial charge in [0.05, 0.1) is 6.61 Å². The van der Waals surface area contributed by atoms with Gasteiger partial charge in [-0.1, -0.05) is 0 Å². The number of amides is 1. The molecular weight excluding hydrogens is 572 g/mol. The molecule has 0 saturated carbocycles. The highest BCUT2D eigenvalue weighted by atomic mass is 16.7. The van der Waals surface area contributed by atoms with Gasteiger partial charge in [-0.3, -0.25) is 28.8 Å². The molecule has 1 aliphatic heterocycles. The second kappa shape index (κ2) is 19.1. The zero-order valence-electron chi connectivity index (χ0n) is 25.8. The summed E-state index contributed by atoms with van der Waals surface area (Å²) in [5.41, 5.74) is 4.60. The van der Waals surface area contributed by atoms with Crippen LogP contribution in [0.4, 0.5) is 0 Å². The molecule has 3 N–H and O–H groups in total. The van der Waals surface area contributed by atoms with Crippen LogP contribution in [0, 0.1) is 0 Å². The van der Waals surface area contributed by atoms with Crippen molar-refractivity contribution in [1.29, 1.82) is 0 Å². The van der Waals surface area contributed by atoms with Crippen molar-refractivity contribution < 1.29 is 61.9 Å². The molecule has 1 rings (SSSR count). The fraction of sp³-hybridized carbons (Fsp3) is 0.786. The zero-order valence-corrected chi connectivity index (χ0v) is 25.8. The first kappa shape index (κ1) is 37.7. The van der Waals surface area contributed by atoms with Crippen molar-refractivity contribution >= 4 is 35.8 Å². The monoisotopic (exact) mass is 618 g/mol. The van der Waals surface area contributed by atoms with Crippen LogP contribution in [0.2, 0.25) is 0 Å². The third-order valence-corrected chi connectivity index (χ3v) is 6.07. The van der Waals surface area contributed by atoms with Gasteiger partial charge >= 0.3 is 29.8 Å². The molecule has 0 spiro atoms. The van der Waals surface area contributed by atoms with E-state index < -0.39 is 66.0 Å². The summed E-state index contributed by atoms with van der Waals surface area (Å²) >= 11 is 0. The van der Waals surface area contributed by atoms with Crippen LogP contribution in [0.1, 0.15) is 80.1 Å². The van der Waals surface area contributed by atoms with Gasteiger partial charge in [0.25, 0.3) is 0 Å². The van der Waals surface area contributed by atoms with Gasteiger partial charge in [0.2, 0.25) is 5.91 Å². The number of rotatable bonds is 18. The Morgan fingerprint density at radius 2 is 1.42 bits per heavy atom. The third kappa shape index (κ3) is 15.7. The Labute approximate surface area is 251 Å². The van der Waals surface area contributed by atoms with E-state index in [0.29, 0.717) is 32.2 Å².